The summed E-state index contributed by atoms with van der Waals surface area (Å²) in [5.74, 6) is 0. The zero-order valence-corrected chi connectivity index (χ0v) is 15.3. The van der Waals surface area contributed by atoms with Gasteiger partial charge in [-0.1, -0.05) is 30.3 Å². The number of hydrogen-bond acceptors (Lipinski definition) is 4. The molecule has 2 rings (SSSR count). The first kappa shape index (κ1) is 18.4. The van der Waals surface area contributed by atoms with Crippen molar-refractivity contribution in [2.75, 3.05) is 32.9 Å². The highest BCUT2D eigenvalue weighted by Gasteiger charge is 2.25. The van der Waals surface area contributed by atoms with Crippen LogP contribution in [0.5, 0.6) is 0 Å². The van der Waals surface area contributed by atoms with Gasteiger partial charge in [0.25, 0.3) is 0 Å². The van der Waals surface area contributed by atoms with Crippen LogP contribution in [-0.2, 0) is 16.6 Å². The van der Waals surface area contributed by atoms with Crippen LogP contribution in [-0.4, -0.2) is 44.8 Å². The minimum atomic E-state index is -3.58. The molecule has 0 saturated carbocycles. The third kappa shape index (κ3) is 4.56. The maximum Gasteiger partial charge on any atom is 0.243 e. The zero-order valence-electron chi connectivity index (χ0n) is 14.4. The number of rotatable bonds is 7. The van der Waals surface area contributed by atoms with Gasteiger partial charge in [-0.3, -0.25) is 0 Å². The summed E-state index contributed by atoms with van der Waals surface area (Å²) < 4.78 is 27.7. The van der Waals surface area contributed by atoms with Crippen LogP contribution in [0.4, 0.5) is 5.69 Å². The number of nitrogens with two attached hydrogens (primary N) is 1. The van der Waals surface area contributed by atoms with Gasteiger partial charge in [-0.25, -0.2) is 8.42 Å². The number of nitrogens with zero attached hydrogens (tertiary/aromatic N) is 2. The molecule has 2 aromatic rings. The van der Waals surface area contributed by atoms with Gasteiger partial charge < -0.3 is 10.6 Å². The van der Waals surface area contributed by atoms with Gasteiger partial charge in [0.05, 0.1) is 4.90 Å². The molecule has 0 spiro atoms. The highest BCUT2D eigenvalue weighted by molar-refractivity contribution is 7.89. The highest BCUT2D eigenvalue weighted by atomic mass is 32.2. The molecule has 0 heterocycles. The SMILES string of the molecule is Cc1cc(S(=O)(=O)N(CCN(C)C)Cc2ccccc2)ccc1N. The van der Waals surface area contributed by atoms with Crippen molar-refractivity contribution in [1.82, 2.24) is 9.21 Å². The Balaban J connectivity index is 2.34. The quantitative estimate of drug-likeness (QED) is 0.781. The van der Waals surface area contributed by atoms with Crippen molar-refractivity contribution in [3.8, 4) is 0 Å². The largest absolute Gasteiger partial charge is 0.399 e. The Hall–Kier alpha value is -1.89. The first-order chi connectivity index (χ1) is 11.3. The van der Waals surface area contributed by atoms with Crippen molar-refractivity contribution in [1.29, 1.82) is 0 Å². The number of anilines is 1. The van der Waals surface area contributed by atoms with E-state index in [4.69, 9.17) is 5.73 Å². The van der Waals surface area contributed by atoms with Crippen LogP contribution in [0.3, 0.4) is 0 Å². The van der Waals surface area contributed by atoms with Crippen LogP contribution in [0, 0.1) is 6.92 Å². The summed E-state index contributed by atoms with van der Waals surface area (Å²) in [6, 6.07) is 14.5. The molecule has 0 aliphatic heterocycles. The van der Waals surface area contributed by atoms with Crippen LogP contribution in [0.2, 0.25) is 0 Å². The maximum absolute atomic E-state index is 13.1. The van der Waals surface area contributed by atoms with Crippen molar-refractivity contribution >= 4 is 15.7 Å². The van der Waals surface area contributed by atoms with Crippen LogP contribution in [0.25, 0.3) is 0 Å². The summed E-state index contributed by atoms with van der Waals surface area (Å²) in [6.07, 6.45) is 0. The molecule has 0 aliphatic rings. The molecule has 6 heteroatoms. The molecule has 5 nitrogen and oxygen atoms in total. The molecule has 0 radical (unpaired) electrons. The number of sulfonamides is 1. The molecule has 0 bridgehead atoms. The van der Waals surface area contributed by atoms with Crippen LogP contribution in [0.1, 0.15) is 11.1 Å². The monoisotopic (exact) mass is 347 g/mol. The molecule has 0 aliphatic carbocycles. The molecule has 0 unspecified atom stereocenters. The lowest BCUT2D eigenvalue weighted by Crippen LogP contribution is -2.36. The van der Waals surface area contributed by atoms with Gasteiger partial charge in [-0.15, -0.1) is 0 Å². The summed E-state index contributed by atoms with van der Waals surface area (Å²) >= 11 is 0. The molecule has 0 fully saturated rings. The first-order valence-electron chi connectivity index (χ1n) is 7.85. The fourth-order valence-corrected chi connectivity index (χ4v) is 3.85. The normalized spacial score (nSPS) is 12.0. The van der Waals surface area contributed by atoms with Crippen LogP contribution < -0.4 is 5.73 Å². The highest BCUT2D eigenvalue weighted by Crippen LogP contribution is 2.22. The third-order valence-corrected chi connectivity index (χ3v) is 5.72. The maximum atomic E-state index is 13.1. The standard InChI is InChI=1S/C18H25N3O2S/c1-15-13-17(9-10-18(15)19)24(22,23)21(12-11-20(2)3)14-16-7-5-4-6-8-16/h4-10,13H,11-12,14,19H2,1-3H3. The van der Waals surface area contributed by atoms with Gasteiger partial charge in [0.15, 0.2) is 0 Å². The molecular weight excluding hydrogens is 322 g/mol. The lowest BCUT2D eigenvalue weighted by molar-refractivity contribution is 0.329. The van der Waals surface area contributed by atoms with E-state index in [-0.39, 0.29) is 4.90 Å². The Morgan fingerprint density at radius 2 is 1.67 bits per heavy atom. The van der Waals surface area contributed by atoms with Gasteiger partial charge >= 0.3 is 0 Å². The number of hydrogen-bond donors (Lipinski definition) is 1. The molecular formula is C18H25N3O2S. The van der Waals surface area contributed by atoms with E-state index < -0.39 is 10.0 Å². The van der Waals surface area contributed by atoms with E-state index in [0.717, 1.165) is 11.1 Å². The summed E-state index contributed by atoms with van der Waals surface area (Å²) in [5, 5.41) is 0. The molecule has 24 heavy (non-hydrogen) atoms. The Labute approximate surface area is 144 Å². The summed E-state index contributed by atoms with van der Waals surface area (Å²) in [4.78, 5) is 2.26. The molecule has 130 valence electrons. The number of nitrogen functional groups attached to an aromatic ring is 1. The van der Waals surface area contributed by atoms with Crippen molar-refractivity contribution in [3.63, 3.8) is 0 Å². The predicted octanol–water partition coefficient (Wildman–Crippen LogP) is 2.33. The average molecular weight is 347 g/mol. The van der Waals surface area contributed by atoms with Crippen LogP contribution in [0.15, 0.2) is 53.4 Å². The van der Waals surface area contributed by atoms with Crippen molar-refractivity contribution in [2.24, 2.45) is 0 Å². The fraction of sp³-hybridized carbons (Fsp3) is 0.333. The van der Waals surface area contributed by atoms with E-state index in [1.165, 1.54) is 4.31 Å². The van der Waals surface area contributed by atoms with E-state index >= 15 is 0 Å². The van der Waals surface area contributed by atoms with Gasteiger partial charge in [-0.2, -0.15) is 4.31 Å². The lowest BCUT2D eigenvalue weighted by Gasteiger charge is -2.24. The molecule has 0 amide bonds. The van der Waals surface area contributed by atoms with Crippen molar-refractivity contribution in [2.45, 2.75) is 18.4 Å². The minimum absolute atomic E-state index is 0.281. The van der Waals surface area contributed by atoms with Gasteiger partial charge in [-0.05, 0) is 50.3 Å². The summed E-state index contributed by atoms with van der Waals surface area (Å²) in [7, 11) is 0.279. The smallest absolute Gasteiger partial charge is 0.243 e. The van der Waals surface area contributed by atoms with Gasteiger partial charge in [0.2, 0.25) is 10.0 Å². The minimum Gasteiger partial charge on any atom is -0.399 e. The van der Waals surface area contributed by atoms with Crippen molar-refractivity contribution in [3.05, 3.63) is 59.7 Å². The first-order valence-corrected chi connectivity index (χ1v) is 9.29. The third-order valence-electron chi connectivity index (χ3n) is 3.88. The number of likely N-dealkylation sites (N-methyl/N-ethyl adjacent to an activating group) is 1. The van der Waals surface area contributed by atoms with Gasteiger partial charge in [0, 0.05) is 25.3 Å². The molecule has 2 N–H and O–H groups in total. The average Bonchev–Trinajstić information content (AvgIpc) is 2.54. The molecule has 0 saturated heterocycles. The van der Waals surface area contributed by atoms with E-state index in [2.05, 4.69) is 0 Å². The predicted molar refractivity (Wildman–Crippen MR) is 98.2 cm³/mol. The summed E-state index contributed by atoms with van der Waals surface area (Å²) in [6.45, 7) is 3.24. The van der Waals surface area contributed by atoms with E-state index in [9.17, 15) is 8.42 Å². The second kappa shape index (κ2) is 7.79. The Morgan fingerprint density at radius 3 is 2.25 bits per heavy atom. The number of aryl methyl sites for hydroxylation is 1. The van der Waals surface area contributed by atoms with E-state index in [1.807, 2.05) is 56.3 Å². The second-order valence-corrected chi connectivity index (χ2v) is 8.08. The molecule has 0 atom stereocenters. The van der Waals surface area contributed by atoms with Gasteiger partial charge in [0.1, 0.15) is 0 Å². The zero-order chi connectivity index (χ0) is 17.7. The number of benzene rings is 2. The fourth-order valence-electron chi connectivity index (χ4n) is 2.34. The van der Waals surface area contributed by atoms with Crippen LogP contribution >= 0.6 is 0 Å². The Morgan fingerprint density at radius 1 is 1.00 bits per heavy atom. The second-order valence-electron chi connectivity index (χ2n) is 6.15. The molecule has 2 aromatic carbocycles. The lowest BCUT2D eigenvalue weighted by atomic mass is 10.2. The van der Waals surface area contributed by atoms with E-state index in [0.29, 0.717) is 25.3 Å². The molecule has 0 aromatic heterocycles. The van der Waals surface area contributed by atoms with Crippen molar-refractivity contribution < 1.29 is 8.42 Å². The Kier molecular flexibility index (Phi) is 5.99. The summed E-state index contributed by atoms with van der Waals surface area (Å²) in [5.41, 5.74) is 8.14. The topological polar surface area (TPSA) is 66.6 Å². The van der Waals surface area contributed by atoms with E-state index in [1.54, 1.807) is 18.2 Å². The Bertz CT molecular complexity index is 774.